The van der Waals surface area contributed by atoms with E-state index in [1.165, 1.54) is 0 Å². The summed E-state index contributed by atoms with van der Waals surface area (Å²) >= 11 is 5.03. The molecule has 9 rings (SSSR count). The summed E-state index contributed by atoms with van der Waals surface area (Å²) in [5.41, 5.74) is 0.797. The van der Waals surface area contributed by atoms with Gasteiger partial charge in [0.05, 0.1) is 27.4 Å². The minimum atomic E-state index is -1.59. The van der Waals surface area contributed by atoms with Gasteiger partial charge in [0.15, 0.2) is 24.5 Å². The number of nitrogens with zero attached hydrogens (tertiary/aromatic N) is 1. The molecule has 8 aromatic rings. The third-order valence-corrected chi connectivity index (χ3v) is 10.9. The highest BCUT2D eigenvalue weighted by molar-refractivity contribution is 7.78. The number of carbonyl (C=O) groups excluding carboxylic acids is 4. The monoisotopic (exact) mass is 837 g/mol. The highest BCUT2D eigenvalue weighted by Gasteiger charge is 2.53. The molecule has 1 heterocycles. The van der Waals surface area contributed by atoms with Gasteiger partial charge in [-0.1, -0.05) is 121 Å². The van der Waals surface area contributed by atoms with E-state index < -0.39 is 61.1 Å². The van der Waals surface area contributed by atoms with Gasteiger partial charge < -0.3 is 23.7 Å². The van der Waals surface area contributed by atoms with Crippen LogP contribution in [0.3, 0.4) is 0 Å². The Morgan fingerprint density at radius 1 is 0.452 bits per heavy atom. The number of aliphatic imine (C=N–C) groups is 1. The molecule has 5 atom stereocenters. The average molecular weight is 838 g/mol. The van der Waals surface area contributed by atoms with E-state index >= 15 is 0 Å². The largest absolute Gasteiger partial charge is 0.459 e. The number of rotatable bonds is 10. The van der Waals surface area contributed by atoms with Crippen molar-refractivity contribution in [2.75, 3.05) is 6.61 Å². The zero-order valence-corrected chi connectivity index (χ0v) is 33.6. The lowest BCUT2D eigenvalue weighted by atomic mass is 9.96. The van der Waals surface area contributed by atoms with Gasteiger partial charge in [-0.3, -0.25) is 0 Å². The molecule has 304 valence electrons. The lowest BCUT2D eigenvalue weighted by Crippen LogP contribution is -2.62. The van der Waals surface area contributed by atoms with Crippen molar-refractivity contribution in [3.8, 4) is 0 Å². The molecule has 11 heteroatoms. The van der Waals surface area contributed by atoms with Crippen LogP contribution in [-0.4, -0.2) is 66.3 Å². The van der Waals surface area contributed by atoms with Crippen molar-refractivity contribution in [1.82, 2.24) is 0 Å². The Bertz CT molecular complexity index is 3090. The van der Waals surface area contributed by atoms with E-state index in [-0.39, 0.29) is 22.3 Å². The van der Waals surface area contributed by atoms with Gasteiger partial charge in [0.25, 0.3) is 0 Å². The van der Waals surface area contributed by atoms with E-state index in [9.17, 15) is 19.2 Å². The maximum Gasteiger partial charge on any atom is 0.338 e. The topological polar surface area (TPSA) is 127 Å². The van der Waals surface area contributed by atoms with Crippen LogP contribution < -0.4 is 0 Å². The summed E-state index contributed by atoms with van der Waals surface area (Å²) in [6.07, 6.45) is -7.44. The lowest BCUT2D eigenvalue weighted by Gasteiger charge is -2.43. The predicted molar refractivity (Wildman–Crippen MR) is 237 cm³/mol. The standard InChI is InChI=1S/C51H35NO9S/c53-48(39-21-17-31-9-1-5-13-35(31)25-39)57-29-43-44(59-49(54)40-22-18-32-10-2-6-14-36(32)26-40)45(60-50(55)41-23-19-33-11-3-7-15-37(33)27-41)46(47(58-43)52-30-62)61-51(56)42-24-20-34-12-4-8-16-38(34)28-42/h1-28,43-47H,29H2/t43-,44+,45+,46-,47-/m1/s1. The number of hydrogen-bond donors (Lipinski definition) is 0. The first-order chi connectivity index (χ1) is 30.3. The second kappa shape index (κ2) is 17.6. The molecule has 1 aliphatic rings. The van der Waals surface area contributed by atoms with Gasteiger partial charge in [0, 0.05) is 0 Å². The molecule has 62 heavy (non-hydrogen) atoms. The van der Waals surface area contributed by atoms with E-state index in [0.717, 1.165) is 43.1 Å². The average Bonchev–Trinajstić information content (AvgIpc) is 3.31. The minimum absolute atomic E-state index is 0.170. The lowest BCUT2D eigenvalue weighted by molar-refractivity contribution is -0.226. The molecule has 8 aromatic carbocycles. The highest BCUT2D eigenvalue weighted by Crippen LogP contribution is 2.33. The van der Waals surface area contributed by atoms with E-state index in [0.29, 0.717) is 0 Å². The summed E-state index contributed by atoms with van der Waals surface area (Å²) in [6, 6.07) is 50.3. The highest BCUT2D eigenvalue weighted by atomic mass is 32.1. The van der Waals surface area contributed by atoms with E-state index in [1.54, 1.807) is 72.8 Å². The first kappa shape index (κ1) is 39.9. The Morgan fingerprint density at radius 3 is 1.18 bits per heavy atom. The zero-order chi connectivity index (χ0) is 42.6. The second-order valence-corrected chi connectivity index (χ2v) is 14.9. The fourth-order valence-corrected chi connectivity index (χ4v) is 7.77. The number of benzene rings is 8. The fraction of sp³-hybridized carbons (Fsp3) is 0.118. The van der Waals surface area contributed by atoms with Gasteiger partial charge in [-0.05, 0) is 104 Å². The van der Waals surface area contributed by atoms with Gasteiger partial charge in [-0.25, -0.2) is 19.2 Å². The Hall–Kier alpha value is -7.56. The van der Waals surface area contributed by atoms with E-state index in [2.05, 4.69) is 10.2 Å². The Morgan fingerprint density at radius 2 is 0.790 bits per heavy atom. The van der Waals surface area contributed by atoms with Crippen LogP contribution in [0.1, 0.15) is 41.4 Å². The number of carbonyl (C=O) groups is 4. The maximum atomic E-state index is 14.3. The van der Waals surface area contributed by atoms with Crippen LogP contribution in [0.4, 0.5) is 0 Å². The molecule has 0 bridgehead atoms. The third-order valence-electron chi connectivity index (χ3n) is 10.8. The zero-order valence-electron chi connectivity index (χ0n) is 32.8. The molecule has 0 aromatic heterocycles. The van der Waals surface area contributed by atoms with Crippen molar-refractivity contribution >= 4 is 84.3 Å². The normalized spacial score (nSPS) is 18.4. The molecule has 1 saturated heterocycles. The van der Waals surface area contributed by atoms with Crippen molar-refractivity contribution in [3.05, 3.63) is 192 Å². The number of ether oxygens (including phenoxy) is 5. The molecule has 0 unspecified atom stereocenters. The first-order valence-corrected chi connectivity index (χ1v) is 20.2. The van der Waals surface area contributed by atoms with Crippen molar-refractivity contribution in [2.24, 2.45) is 4.99 Å². The van der Waals surface area contributed by atoms with Crippen molar-refractivity contribution in [1.29, 1.82) is 0 Å². The molecule has 0 radical (unpaired) electrons. The molecule has 10 nitrogen and oxygen atoms in total. The molecule has 1 aliphatic heterocycles. The number of isothiocyanates is 1. The number of hydrogen-bond acceptors (Lipinski definition) is 11. The van der Waals surface area contributed by atoms with Crippen molar-refractivity contribution < 1.29 is 42.9 Å². The van der Waals surface area contributed by atoms with Gasteiger partial charge >= 0.3 is 23.9 Å². The molecule has 0 aliphatic carbocycles. The summed E-state index contributed by atoms with van der Waals surface area (Å²) in [4.78, 5) is 60.4. The number of thiocarbonyl (C=S) groups is 1. The summed E-state index contributed by atoms with van der Waals surface area (Å²) in [5.74, 6) is -3.12. The SMILES string of the molecule is O=C(OC[C@H]1O[C@@H](N=C=S)[C@H](OC(=O)c2ccc3ccccc3c2)[C@@H](OC(=O)c2ccc3ccccc3c2)[C@H]1OC(=O)c1ccc2ccccc2c1)c1ccc2ccccc2c1. The van der Waals surface area contributed by atoms with E-state index in [1.807, 2.05) is 97.1 Å². The van der Waals surface area contributed by atoms with Crippen LogP contribution in [-0.2, 0) is 23.7 Å². The van der Waals surface area contributed by atoms with Crippen LogP contribution in [0.15, 0.2) is 175 Å². The van der Waals surface area contributed by atoms with Gasteiger partial charge in [-0.15, -0.1) is 0 Å². The van der Waals surface area contributed by atoms with Crippen LogP contribution in [0.2, 0.25) is 0 Å². The number of fused-ring (bicyclic) bond motifs is 4. The second-order valence-electron chi connectivity index (χ2n) is 14.7. The predicted octanol–water partition coefficient (Wildman–Crippen LogP) is 9.96. The molecule has 1 fully saturated rings. The maximum absolute atomic E-state index is 14.3. The molecule has 0 N–H and O–H groups in total. The quantitative estimate of drug-likeness (QED) is 0.0569. The van der Waals surface area contributed by atoms with Gasteiger partial charge in [-0.2, -0.15) is 4.99 Å². The van der Waals surface area contributed by atoms with E-state index in [4.69, 9.17) is 35.9 Å². The Balaban J connectivity index is 1.10. The smallest absolute Gasteiger partial charge is 0.338 e. The molecule has 0 spiro atoms. The van der Waals surface area contributed by atoms with Crippen LogP contribution in [0.25, 0.3) is 43.1 Å². The first-order valence-electron chi connectivity index (χ1n) is 19.8. The van der Waals surface area contributed by atoms with Crippen LogP contribution in [0.5, 0.6) is 0 Å². The summed E-state index contributed by atoms with van der Waals surface area (Å²) in [6.45, 7) is -0.500. The summed E-state index contributed by atoms with van der Waals surface area (Å²) in [7, 11) is 0. The van der Waals surface area contributed by atoms with Crippen molar-refractivity contribution in [3.63, 3.8) is 0 Å². The molecule has 0 amide bonds. The van der Waals surface area contributed by atoms with Crippen LogP contribution >= 0.6 is 12.2 Å². The van der Waals surface area contributed by atoms with Gasteiger partial charge in [0.1, 0.15) is 12.7 Å². The summed E-state index contributed by atoms with van der Waals surface area (Å²) < 4.78 is 30.9. The molecule has 0 saturated carbocycles. The Kier molecular flexibility index (Phi) is 11.3. The Labute approximate surface area is 360 Å². The van der Waals surface area contributed by atoms with Gasteiger partial charge in [0.2, 0.25) is 0 Å². The fourth-order valence-electron chi connectivity index (χ4n) is 7.67. The number of esters is 4. The third kappa shape index (κ3) is 8.41. The van der Waals surface area contributed by atoms with Crippen molar-refractivity contribution in [2.45, 2.75) is 30.6 Å². The minimum Gasteiger partial charge on any atom is -0.459 e. The van der Waals surface area contributed by atoms with Crippen LogP contribution in [0, 0.1) is 0 Å². The summed E-state index contributed by atoms with van der Waals surface area (Å²) in [5, 5.41) is 9.07. The molecular formula is C51H35NO9S. The molecular weight excluding hydrogens is 803 g/mol.